The highest BCUT2D eigenvalue weighted by Gasteiger charge is 2.18. The van der Waals surface area contributed by atoms with Crippen LogP contribution in [-0.4, -0.2) is 9.13 Å². The molecule has 0 radical (unpaired) electrons. The Morgan fingerprint density at radius 3 is 1.41 bits per heavy atom. The second-order valence-electron chi connectivity index (χ2n) is 13.1. The smallest absolute Gasteiger partial charge is 0.159 e. The summed E-state index contributed by atoms with van der Waals surface area (Å²) in [6, 6.07) is 56.5. The number of allylic oxidation sites excluding steroid dienone is 3. The van der Waals surface area contributed by atoms with E-state index < -0.39 is 0 Å². The number of fused-ring (bicyclic) bond motifs is 9. The minimum atomic E-state index is 0.908. The van der Waals surface area contributed by atoms with Crippen molar-refractivity contribution in [2.75, 3.05) is 0 Å². The number of nitrogens with zero attached hydrogens (tertiary/aromatic N) is 2. The Morgan fingerprint density at radius 2 is 0.885 bits per heavy atom. The summed E-state index contributed by atoms with van der Waals surface area (Å²) in [5, 5.41) is 7.24. The van der Waals surface area contributed by atoms with Crippen LogP contribution in [0.3, 0.4) is 0 Å². The van der Waals surface area contributed by atoms with Crippen molar-refractivity contribution in [1.29, 1.82) is 0 Å². The van der Waals surface area contributed by atoms with Crippen LogP contribution in [0.25, 0.3) is 88.1 Å². The molecule has 3 heteroatoms. The number of benzene rings is 7. The zero-order valence-electron chi connectivity index (χ0n) is 38.7. The summed E-state index contributed by atoms with van der Waals surface area (Å²) in [5.74, 6) is 0. The van der Waals surface area contributed by atoms with Gasteiger partial charge in [-0.3, -0.25) is 0 Å². The van der Waals surface area contributed by atoms with E-state index in [0.29, 0.717) is 0 Å². The first kappa shape index (κ1) is 47.1. The maximum atomic E-state index is 6.49. The van der Waals surface area contributed by atoms with Crippen molar-refractivity contribution in [2.45, 2.75) is 83.1 Å². The van der Waals surface area contributed by atoms with Gasteiger partial charge in [-0.25, -0.2) is 0 Å². The summed E-state index contributed by atoms with van der Waals surface area (Å²) >= 11 is 0. The molecule has 0 atom stereocenters. The first-order valence-corrected chi connectivity index (χ1v) is 22.4. The standard InChI is InChI=1S/C42H26N2O.C6H10.5C2H6/c1-2-11-29(12-3-1)43-36-17-7-4-13-30(36)34-25-27(21-23-38(34)43)28-22-24-39-35(26-28)31-14-5-8-18-37(31)44(39)40-19-10-16-33-32-15-6-9-20-41(32)45-42(33)40;1-4-5-6(2)3;5*1-2/h1-26H;4-5H,2H2,1,3H3;5*1-2H3/b;5-4-;;;;;. The second kappa shape index (κ2) is 23.3. The molecule has 0 aliphatic rings. The molecular weight excluding hydrogens is 741 g/mol. The van der Waals surface area contributed by atoms with Gasteiger partial charge < -0.3 is 13.6 Å². The van der Waals surface area contributed by atoms with Gasteiger partial charge in [0.05, 0.1) is 27.8 Å². The van der Waals surface area contributed by atoms with E-state index >= 15 is 0 Å². The van der Waals surface area contributed by atoms with E-state index in [1.165, 1.54) is 54.9 Å². The molecule has 0 fully saturated rings. The number of para-hydroxylation sites is 5. The van der Waals surface area contributed by atoms with E-state index in [0.717, 1.165) is 38.7 Å². The molecule has 0 amide bonds. The molecule has 61 heavy (non-hydrogen) atoms. The van der Waals surface area contributed by atoms with Crippen molar-refractivity contribution >= 4 is 65.6 Å². The van der Waals surface area contributed by atoms with Gasteiger partial charge >= 0.3 is 0 Å². The average Bonchev–Trinajstić information content (AvgIpc) is 4.00. The summed E-state index contributed by atoms with van der Waals surface area (Å²) in [5.41, 5.74) is 12.3. The molecule has 0 unspecified atom stereocenters. The van der Waals surface area contributed by atoms with Gasteiger partial charge in [-0.1, -0.05) is 191 Å². The molecule has 0 bridgehead atoms. The van der Waals surface area contributed by atoms with E-state index in [-0.39, 0.29) is 0 Å². The van der Waals surface area contributed by atoms with Crippen molar-refractivity contribution in [1.82, 2.24) is 9.13 Å². The molecule has 0 saturated carbocycles. The lowest BCUT2D eigenvalue weighted by molar-refractivity contribution is 0.666. The quantitative estimate of drug-likeness (QED) is 0.162. The zero-order valence-corrected chi connectivity index (χ0v) is 38.7. The van der Waals surface area contributed by atoms with Crippen LogP contribution in [0.4, 0.5) is 0 Å². The van der Waals surface area contributed by atoms with Crippen LogP contribution >= 0.6 is 0 Å². The Morgan fingerprint density at radius 1 is 0.443 bits per heavy atom. The SMILES string of the molecule is C=C(C)/C=C\C.CC.CC.CC.CC.CC.c1ccc(-n2c3ccccc3c3cc(-c4ccc5c(c4)c4ccccc4n5-c4cccc5c4oc4ccccc45)ccc32)cc1. The lowest BCUT2D eigenvalue weighted by Crippen LogP contribution is -1.94. The van der Waals surface area contributed by atoms with Crippen molar-refractivity contribution in [3.63, 3.8) is 0 Å². The minimum absolute atomic E-state index is 0.908. The maximum absolute atomic E-state index is 6.49. The molecule has 10 rings (SSSR count). The highest BCUT2D eigenvalue weighted by Crippen LogP contribution is 2.40. The van der Waals surface area contributed by atoms with Crippen LogP contribution in [-0.2, 0) is 0 Å². The largest absolute Gasteiger partial charge is 0.454 e. The Bertz CT molecular complexity index is 2950. The second-order valence-corrected chi connectivity index (χ2v) is 13.1. The van der Waals surface area contributed by atoms with Gasteiger partial charge in [-0.15, -0.1) is 0 Å². The third-order valence-corrected chi connectivity index (χ3v) is 9.77. The Kier molecular flexibility index (Phi) is 18.0. The van der Waals surface area contributed by atoms with Crippen LogP contribution in [0.5, 0.6) is 0 Å². The predicted octanol–water partition coefficient (Wildman–Crippen LogP) is 18.7. The molecular formula is C58H66N2O. The van der Waals surface area contributed by atoms with Crippen LogP contribution in [0.15, 0.2) is 186 Å². The number of rotatable bonds is 4. The fourth-order valence-electron chi connectivity index (χ4n) is 7.61. The first-order chi connectivity index (χ1) is 30.1. The summed E-state index contributed by atoms with van der Waals surface area (Å²) in [7, 11) is 0. The molecule has 7 aromatic carbocycles. The Labute approximate surface area is 365 Å². The molecule has 3 aromatic heterocycles. The zero-order chi connectivity index (χ0) is 44.5. The van der Waals surface area contributed by atoms with E-state index in [4.69, 9.17) is 4.42 Å². The number of furan rings is 1. The lowest BCUT2D eigenvalue weighted by atomic mass is 10.0. The molecule has 10 aromatic rings. The van der Waals surface area contributed by atoms with Crippen molar-refractivity contribution in [3.05, 3.63) is 182 Å². The van der Waals surface area contributed by atoms with Gasteiger partial charge in [0, 0.05) is 38.0 Å². The normalized spacial score (nSPS) is 10.3. The van der Waals surface area contributed by atoms with Crippen LogP contribution in [0, 0.1) is 0 Å². The highest BCUT2D eigenvalue weighted by atomic mass is 16.3. The van der Waals surface area contributed by atoms with Crippen molar-refractivity contribution in [2.24, 2.45) is 0 Å². The molecule has 0 spiro atoms. The Balaban J connectivity index is 0.000000454. The summed E-state index contributed by atoms with van der Waals surface area (Å²) in [6.45, 7) is 27.6. The van der Waals surface area contributed by atoms with Gasteiger partial charge in [-0.05, 0) is 85.6 Å². The molecule has 314 valence electrons. The molecule has 0 aliphatic carbocycles. The third-order valence-electron chi connectivity index (χ3n) is 9.77. The summed E-state index contributed by atoms with van der Waals surface area (Å²) < 4.78 is 11.2. The van der Waals surface area contributed by atoms with E-state index in [1.54, 1.807) is 0 Å². The molecule has 3 nitrogen and oxygen atoms in total. The van der Waals surface area contributed by atoms with E-state index in [2.05, 4.69) is 161 Å². The van der Waals surface area contributed by atoms with Crippen LogP contribution in [0.2, 0.25) is 0 Å². The van der Waals surface area contributed by atoms with E-state index in [9.17, 15) is 0 Å². The number of hydrogen-bond donors (Lipinski definition) is 0. The van der Waals surface area contributed by atoms with Gasteiger partial charge in [0.15, 0.2) is 5.58 Å². The summed E-state index contributed by atoms with van der Waals surface area (Å²) in [4.78, 5) is 0. The lowest BCUT2D eigenvalue weighted by Gasteiger charge is -2.10. The minimum Gasteiger partial charge on any atom is -0.454 e. The molecule has 0 N–H and O–H groups in total. The van der Waals surface area contributed by atoms with Gasteiger partial charge in [-0.2, -0.15) is 0 Å². The fraction of sp³-hybridized carbons (Fsp3) is 0.207. The van der Waals surface area contributed by atoms with Gasteiger partial charge in [0.1, 0.15) is 5.58 Å². The van der Waals surface area contributed by atoms with Gasteiger partial charge in [0.25, 0.3) is 0 Å². The fourth-order valence-corrected chi connectivity index (χ4v) is 7.61. The Hall–Kier alpha value is -6.58. The van der Waals surface area contributed by atoms with Gasteiger partial charge in [0.2, 0.25) is 0 Å². The van der Waals surface area contributed by atoms with E-state index in [1.807, 2.05) is 107 Å². The summed E-state index contributed by atoms with van der Waals surface area (Å²) in [6.07, 6.45) is 3.95. The van der Waals surface area contributed by atoms with Crippen molar-refractivity contribution < 1.29 is 4.42 Å². The monoisotopic (exact) mass is 807 g/mol. The number of aromatic nitrogens is 2. The number of hydrogen-bond acceptors (Lipinski definition) is 1. The first-order valence-electron chi connectivity index (χ1n) is 22.4. The topological polar surface area (TPSA) is 23.0 Å². The third kappa shape index (κ3) is 9.58. The van der Waals surface area contributed by atoms with Crippen molar-refractivity contribution in [3.8, 4) is 22.5 Å². The van der Waals surface area contributed by atoms with Crippen LogP contribution in [0.1, 0.15) is 83.1 Å². The highest BCUT2D eigenvalue weighted by molar-refractivity contribution is 6.14. The average molecular weight is 807 g/mol. The molecule has 0 saturated heterocycles. The maximum Gasteiger partial charge on any atom is 0.159 e. The molecule has 3 heterocycles. The molecule has 0 aliphatic heterocycles. The van der Waals surface area contributed by atoms with Crippen LogP contribution < -0.4 is 0 Å². The predicted molar refractivity (Wildman–Crippen MR) is 274 cm³/mol.